The predicted octanol–water partition coefficient (Wildman–Crippen LogP) is 2.52. The van der Waals surface area contributed by atoms with E-state index in [0.29, 0.717) is 11.5 Å². The molecule has 5 heteroatoms. The molecular weight excluding hydrogens is 249 g/mol. The van der Waals surface area contributed by atoms with E-state index in [2.05, 4.69) is 5.10 Å². The van der Waals surface area contributed by atoms with Crippen molar-refractivity contribution in [2.75, 3.05) is 0 Å². The Hall–Kier alpha value is -1.75. The van der Waals surface area contributed by atoms with Gasteiger partial charge in [0.15, 0.2) is 0 Å². The van der Waals surface area contributed by atoms with Crippen molar-refractivity contribution in [1.82, 2.24) is 9.78 Å². The quantitative estimate of drug-likeness (QED) is 0.863. The maximum absolute atomic E-state index is 13.2. The zero-order valence-electron chi connectivity index (χ0n) is 9.64. The van der Waals surface area contributed by atoms with Crippen molar-refractivity contribution >= 4 is 17.2 Å². The third kappa shape index (κ3) is 2.01. The molecule has 2 N–H and O–H groups in total. The second-order valence-corrected chi connectivity index (χ2v) is 4.92. The highest BCUT2D eigenvalue weighted by Crippen LogP contribution is 2.39. The molecule has 1 saturated carbocycles. The Morgan fingerprint density at radius 3 is 2.83 bits per heavy atom. The van der Waals surface area contributed by atoms with Crippen LogP contribution in [-0.4, -0.2) is 14.8 Å². The number of thiocarbonyl (C=S) groups is 1. The summed E-state index contributed by atoms with van der Waals surface area (Å²) >= 11 is 4.95. The number of nitrogens with two attached hydrogens (primary N) is 1. The van der Waals surface area contributed by atoms with Crippen molar-refractivity contribution < 1.29 is 4.39 Å². The Bertz CT molecular complexity index is 616. The van der Waals surface area contributed by atoms with Crippen molar-refractivity contribution in [3.05, 3.63) is 47.5 Å². The summed E-state index contributed by atoms with van der Waals surface area (Å²) < 4.78 is 14.9. The molecule has 3 nitrogen and oxygen atoms in total. The van der Waals surface area contributed by atoms with Gasteiger partial charge in [-0.2, -0.15) is 5.10 Å². The summed E-state index contributed by atoms with van der Waals surface area (Å²) in [7, 11) is 0. The molecule has 0 amide bonds. The van der Waals surface area contributed by atoms with Crippen LogP contribution in [0.5, 0.6) is 0 Å². The van der Waals surface area contributed by atoms with Crippen molar-refractivity contribution in [2.24, 2.45) is 5.73 Å². The summed E-state index contributed by atoms with van der Waals surface area (Å²) in [6.07, 6.45) is 4.26. The molecule has 1 aliphatic carbocycles. The SMILES string of the molecule is NC(=S)c1cc(F)ccc1-n1ccc(C2CC2)n1. The van der Waals surface area contributed by atoms with E-state index in [4.69, 9.17) is 18.0 Å². The first-order valence-electron chi connectivity index (χ1n) is 5.80. The average Bonchev–Trinajstić information content (AvgIpc) is 3.08. The van der Waals surface area contributed by atoms with Gasteiger partial charge in [-0.1, -0.05) is 12.2 Å². The number of hydrogen-bond donors (Lipinski definition) is 1. The van der Waals surface area contributed by atoms with Crippen LogP contribution in [0.4, 0.5) is 4.39 Å². The molecule has 0 spiro atoms. The van der Waals surface area contributed by atoms with Crippen molar-refractivity contribution in [3.63, 3.8) is 0 Å². The number of aromatic nitrogens is 2. The van der Waals surface area contributed by atoms with Crippen LogP contribution in [0, 0.1) is 5.82 Å². The van der Waals surface area contributed by atoms with Crippen LogP contribution in [-0.2, 0) is 0 Å². The summed E-state index contributed by atoms with van der Waals surface area (Å²) in [6.45, 7) is 0. The first-order chi connectivity index (χ1) is 8.65. The number of nitrogens with zero attached hydrogens (tertiary/aromatic N) is 2. The molecule has 1 heterocycles. The predicted molar refractivity (Wildman–Crippen MR) is 71.4 cm³/mol. The molecule has 18 heavy (non-hydrogen) atoms. The zero-order chi connectivity index (χ0) is 12.7. The zero-order valence-corrected chi connectivity index (χ0v) is 10.5. The molecule has 1 aromatic carbocycles. The Kier molecular flexibility index (Phi) is 2.63. The van der Waals surface area contributed by atoms with Gasteiger partial charge < -0.3 is 5.73 Å². The van der Waals surface area contributed by atoms with E-state index in [1.54, 1.807) is 10.7 Å². The molecule has 1 aromatic heterocycles. The van der Waals surface area contributed by atoms with Gasteiger partial charge in [0.1, 0.15) is 10.8 Å². The van der Waals surface area contributed by atoms with E-state index in [-0.39, 0.29) is 10.8 Å². The van der Waals surface area contributed by atoms with E-state index in [1.807, 2.05) is 12.3 Å². The fraction of sp³-hybridized carbons (Fsp3) is 0.231. The topological polar surface area (TPSA) is 43.8 Å². The van der Waals surface area contributed by atoms with E-state index < -0.39 is 0 Å². The Morgan fingerprint density at radius 2 is 2.17 bits per heavy atom. The molecule has 0 radical (unpaired) electrons. The first kappa shape index (κ1) is 11.3. The molecule has 92 valence electrons. The monoisotopic (exact) mass is 261 g/mol. The Labute approximate surface area is 109 Å². The lowest BCUT2D eigenvalue weighted by molar-refractivity contribution is 0.626. The normalized spacial score (nSPS) is 14.7. The highest BCUT2D eigenvalue weighted by molar-refractivity contribution is 7.80. The smallest absolute Gasteiger partial charge is 0.124 e. The minimum Gasteiger partial charge on any atom is -0.389 e. The van der Waals surface area contributed by atoms with Crippen molar-refractivity contribution in [1.29, 1.82) is 0 Å². The number of rotatable bonds is 3. The molecule has 1 aliphatic rings. The lowest BCUT2D eigenvalue weighted by atomic mass is 10.1. The van der Waals surface area contributed by atoms with Gasteiger partial charge in [0, 0.05) is 17.7 Å². The van der Waals surface area contributed by atoms with E-state index in [1.165, 1.54) is 25.0 Å². The van der Waals surface area contributed by atoms with Gasteiger partial charge in [-0.05, 0) is 37.1 Å². The van der Waals surface area contributed by atoms with Crippen LogP contribution in [0.3, 0.4) is 0 Å². The molecular formula is C13H12FN3S. The summed E-state index contributed by atoms with van der Waals surface area (Å²) in [4.78, 5) is 0.174. The van der Waals surface area contributed by atoms with Crippen LogP contribution in [0.2, 0.25) is 0 Å². The minimum atomic E-state index is -0.351. The highest BCUT2D eigenvalue weighted by Gasteiger charge is 2.26. The van der Waals surface area contributed by atoms with Crippen molar-refractivity contribution in [3.8, 4) is 5.69 Å². The van der Waals surface area contributed by atoms with Gasteiger partial charge in [0.2, 0.25) is 0 Å². The fourth-order valence-corrected chi connectivity index (χ4v) is 2.14. The third-order valence-electron chi connectivity index (χ3n) is 3.08. The second-order valence-electron chi connectivity index (χ2n) is 4.49. The molecule has 0 bridgehead atoms. The Morgan fingerprint density at radius 1 is 1.39 bits per heavy atom. The van der Waals surface area contributed by atoms with Gasteiger partial charge in [-0.15, -0.1) is 0 Å². The molecule has 0 unspecified atom stereocenters. The number of benzene rings is 1. The lowest BCUT2D eigenvalue weighted by Gasteiger charge is -2.08. The summed E-state index contributed by atoms with van der Waals surface area (Å²) in [5.41, 5.74) is 7.93. The van der Waals surface area contributed by atoms with Gasteiger partial charge in [-0.25, -0.2) is 9.07 Å². The standard InChI is InChI=1S/C13H12FN3S/c14-9-3-4-12(10(7-9)13(15)18)17-6-5-11(16-17)8-1-2-8/h3-8H,1-2H2,(H2,15,18). The van der Waals surface area contributed by atoms with E-state index >= 15 is 0 Å². The fourth-order valence-electron chi connectivity index (χ4n) is 1.97. The third-order valence-corrected chi connectivity index (χ3v) is 3.30. The maximum Gasteiger partial charge on any atom is 0.124 e. The molecule has 0 aliphatic heterocycles. The van der Waals surface area contributed by atoms with Gasteiger partial charge in [0.25, 0.3) is 0 Å². The van der Waals surface area contributed by atoms with Crippen LogP contribution in [0.1, 0.15) is 30.0 Å². The number of hydrogen-bond acceptors (Lipinski definition) is 2. The minimum absolute atomic E-state index is 0.174. The van der Waals surface area contributed by atoms with Gasteiger partial charge in [0.05, 0.1) is 11.4 Å². The first-order valence-corrected chi connectivity index (χ1v) is 6.21. The van der Waals surface area contributed by atoms with Gasteiger partial charge >= 0.3 is 0 Å². The summed E-state index contributed by atoms with van der Waals surface area (Å²) in [5, 5.41) is 4.49. The van der Waals surface area contributed by atoms with Crippen LogP contribution in [0.25, 0.3) is 5.69 Å². The van der Waals surface area contributed by atoms with E-state index in [9.17, 15) is 4.39 Å². The highest BCUT2D eigenvalue weighted by atomic mass is 32.1. The molecule has 0 saturated heterocycles. The average molecular weight is 261 g/mol. The largest absolute Gasteiger partial charge is 0.389 e. The molecule has 0 atom stereocenters. The molecule has 2 aromatic rings. The molecule has 3 rings (SSSR count). The molecule has 1 fully saturated rings. The summed E-state index contributed by atoms with van der Waals surface area (Å²) in [6, 6.07) is 6.36. The van der Waals surface area contributed by atoms with Crippen LogP contribution < -0.4 is 5.73 Å². The second kappa shape index (κ2) is 4.17. The lowest BCUT2D eigenvalue weighted by Crippen LogP contribution is -2.14. The van der Waals surface area contributed by atoms with E-state index in [0.717, 1.165) is 11.4 Å². The summed E-state index contributed by atoms with van der Waals surface area (Å²) in [5.74, 6) is 0.232. The van der Waals surface area contributed by atoms with Crippen molar-refractivity contribution in [2.45, 2.75) is 18.8 Å². The number of halogens is 1. The van der Waals surface area contributed by atoms with Gasteiger partial charge in [-0.3, -0.25) is 0 Å². The van der Waals surface area contributed by atoms with Crippen LogP contribution in [0.15, 0.2) is 30.5 Å². The maximum atomic E-state index is 13.2. The van der Waals surface area contributed by atoms with Crippen LogP contribution >= 0.6 is 12.2 Å². The Balaban J connectivity index is 2.06.